The summed E-state index contributed by atoms with van der Waals surface area (Å²) in [5, 5.41) is 3.33. The van der Waals surface area contributed by atoms with Gasteiger partial charge in [0.2, 0.25) is 0 Å². The first kappa shape index (κ1) is 11.3. The Morgan fingerprint density at radius 3 is 2.81 bits per heavy atom. The molecule has 1 aliphatic heterocycles. The number of aromatic nitrogens is 2. The molecule has 0 amide bonds. The fraction of sp³-hybridized carbons (Fsp3) is 0.667. The summed E-state index contributed by atoms with van der Waals surface area (Å²) in [6, 6.07) is 0.572. The molecule has 0 bridgehead atoms. The first-order chi connectivity index (χ1) is 7.86. The van der Waals surface area contributed by atoms with Crippen LogP contribution in [0, 0.1) is 0 Å². The van der Waals surface area contributed by atoms with E-state index in [2.05, 4.69) is 27.1 Å². The summed E-state index contributed by atoms with van der Waals surface area (Å²) in [4.78, 5) is 10.8. The lowest BCUT2D eigenvalue weighted by Gasteiger charge is -2.32. The van der Waals surface area contributed by atoms with Gasteiger partial charge in [-0.3, -0.25) is 9.88 Å². The highest BCUT2D eigenvalue weighted by atomic mass is 15.2. The minimum absolute atomic E-state index is 0.572. The van der Waals surface area contributed by atoms with Crippen molar-refractivity contribution in [2.75, 3.05) is 25.0 Å². The third kappa shape index (κ3) is 3.17. The van der Waals surface area contributed by atoms with Crippen molar-refractivity contribution in [3.05, 3.63) is 18.6 Å². The number of hydrogen-bond donors (Lipinski definition) is 1. The number of piperidine rings is 1. The van der Waals surface area contributed by atoms with E-state index in [1.165, 1.54) is 32.4 Å². The molecule has 2 heterocycles. The monoisotopic (exact) mass is 220 g/mol. The van der Waals surface area contributed by atoms with Gasteiger partial charge < -0.3 is 5.32 Å². The lowest BCUT2D eigenvalue weighted by molar-refractivity contribution is 0.180. The Kier molecular flexibility index (Phi) is 4.10. The number of nitrogens with zero attached hydrogens (tertiary/aromatic N) is 3. The van der Waals surface area contributed by atoms with E-state index in [1.807, 2.05) is 0 Å². The van der Waals surface area contributed by atoms with E-state index in [-0.39, 0.29) is 0 Å². The molecule has 0 saturated carbocycles. The molecule has 4 nitrogen and oxygen atoms in total. The Morgan fingerprint density at radius 2 is 2.12 bits per heavy atom. The molecule has 1 fully saturated rings. The van der Waals surface area contributed by atoms with Crippen molar-refractivity contribution >= 4 is 5.82 Å². The topological polar surface area (TPSA) is 41.1 Å². The maximum atomic E-state index is 4.20. The van der Waals surface area contributed by atoms with Crippen molar-refractivity contribution in [2.45, 2.75) is 32.2 Å². The zero-order valence-electron chi connectivity index (χ0n) is 9.89. The van der Waals surface area contributed by atoms with Crippen LogP contribution in [-0.2, 0) is 0 Å². The summed E-state index contributed by atoms with van der Waals surface area (Å²) < 4.78 is 0. The largest absolute Gasteiger partial charge is 0.367 e. The summed E-state index contributed by atoms with van der Waals surface area (Å²) in [5.41, 5.74) is 0. The summed E-state index contributed by atoms with van der Waals surface area (Å²) in [6.45, 7) is 5.69. The lowest BCUT2D eigenvalue weighted by atomic mass is 10.1. The van der Waals surface area contributed by atoms with Crippen molar-refractivity contribution < 1.29 is 0 Å². The molecule has 1 aromatic heterocycles. The van der Waals surface area contributed by atoms with Crippen LogP contribution < -0.4 is 5.32 Å². The molecule has 1 N–H and O–H groups in total. The summed E-state index contributed by atoms with van der Waals surface area (Å²) >= 11 is 0. The third-order valence-corrected chi connectivity index (χ3v) is 3.16. The van der Waals surface area contributed by atoms with E-state index < -0.39 is 0 Å². The number of hydrogen-bond acceptors (Lipinski definition) is 4. The quantitative estimate of drug-likeness (QED) is 0.839. The van der Waals surface area contributed by atoms with Crippen LogP contribution >= 0.6 is 0 Å². The van der Waals surface area contributed by atoms with Crippen molar-refractivity contribution in [2.24, 2.45) is 0 Å². The molecule has 1 aromatic rings. The third-order valence-electron chi connectivity index (χ3n) is 3.16. The summed E-state index contributed by atoms with van der Waals surface area (Å²) in [5.74, 6) is 0.867. The van der Waals surface area contributed by atoms with Gasteiger partial charge >= 0.3 is 0 Å². The van der Waals surface area contributed by atoms with Crippen LogP contribution in [0.1, 0.15) is 26.2 Å². The number of rotatable bonds is 4. The van der Waals surface area contributed by atoms with Gasteiger partial charge in [0.25, 0.3) is 0 Å². The Bertz CT molecular complexity index is 295. The van der Waals surface area contributed by atoms with Crippen LogP contribution in [-0.4, -0.2) is 40.5 Å². The van der Waals surface area contributed by atoms with E-state index >= 15 is 0 Å². The fourth-order valence-electron chi connectivity index (χ4n) is 2.13. The molecule has 1 atom stereocenters. The van der Waals surface area contributed by atoms with Crippen molar-refractivity contribution in [3.63, 3.8) is 0 Å². The smallest absolute Gasteiger partial charge is 0.144 e. The van der Waals surface area contributed by atoms with E-state index in [4.69, 9.17) is 0 Å². The van der Waals surface area contributed by atoms with Gasteiger partial charge in [0.1, 0.15) is 5.82 Å². The van der Waals surface area contributed by atoms with Gasteiger partial charge in [-0.05, 0) is 32.9 Å². The predicted octanol–water partition coefficient (Wildman–Crippen LogP) is 1.76. The first-order valence-electron chi connectivity index (χ1n) is 6.10. The molecule has 4 heteroatoms. The molecule has 1 saturated heterocycles. The zero-order chi connectivity index (χ0) is 11.2. The molecule has 88 valence electrons. The standard InChI is InChI=1S/C12H20N4/c1-11(16-7-3-2-4-8-16)9-15-12-10-13-5-6-14-12/h5-6,10-11H,2-4,7-9H2,1H3,(H,14,15). The minimum Gasteiger partial charge on any atom is -0.367 e. The molecule has 0 spiro atoms. The van der Waals surface area contributed by atoms with Crippen molar-refractivity contribution in [3.8, 4) is 0 Å². The predicted molar refractivity (Wildman–Crippen MR) is 65.4 cm³/mol. The summed E-state index contributed by atoms with van der Waals surface area (Å²) in [7, 11) is 0. The maximum absolute atomic E-state index is 4.20. The van der Waals surface area contributed by atoms with Crippen LogP contribution in [0.4, 0.5) is 5.82 Å². The molecule has 0 radical (unpaired) electrons. The van der Waals surface area contributed by atoms with Crippen LogP contribution in [0.2, 0.25) is 0 Å². The second-order valence-electron chi connectivity index (χ2n) is 4.42. The van der Waals surface area contributed by atoms with Crippen LogP contribution in [0.25, 0.3) is 0 Å². The molecular weight excluding hydrogens is 200 g/mol. The minimum atomic E-state index is 0.572. The lowest BCUT2D eigenvalue weighted by Crippen LogP contribution is -2.41. The SMILES string of the molecule is CC(CNc1cnccn1)N1CCCCC1. The average Bonchev–Trinajstić information content (AvgIpc) is 2.38. The Morgan fingerprint density at radius 1 is 1.31 bits per heavy atom. The highest BCUT2D eigenvalue weighted by Gasteiger charge is 2.16. The highest BCUT2D eigenvalue weighted by Crippen LogP contribution is 2.12. The Labute approximate surface area is 97.1 Å². The number of nitrogens with one attached hydrogen (secondary N) is 1. The molecule has 2 rings (SSSR count). The van der Waals surface area contributed by atoms with Crippen molar-refractivity contribution in [1.29, 1.82) is 0 Å². The van der Waals surface area contributed by atoms with Gasteiger partial charge in [-0.2, -0.15) is 0 Å². The molecule has 0 aliphatic carbocycles. The van der Waals surface area contributed by atoms with Gasteiger partial charge in [0, 0.05) is 25.0 Å². The highest BCUT2D eigenvalue weighted by molar-refractivity contribution is 5.29. The molecule has 1 unspecified atom stereocenters. The van der Waals surface area contributed by atoms with E-state index in [1.54, 1.807) is 18.6 Å². The number of anilines is 1. The summed E-state index contributed by atoms with van der Waals surface area (Å²) in [6.07, 6.45) is 9.25. The van der Waals surface area contributed by atoms with Crippen molar-refractivity contribution in [1.82, 2.24) is 14.9 Å². The van der Waals surface area contributed by atoms with E-state index in [9.17, 15) is 0 Å². The van der Waals surface area contributed by atoms with Gasteiger partial charge in [-0.15, -0.1) is 0 Å². The van der Waals surface area contributed by atoms with Gasteiger partial charge in [-0.25, -0.2) is 4.98 Å². The second kappa shape index (κ2) is 5.80. The fourth-order valence-corrected chi connectivity index (χ4v) is 2.13. The first-order valence-corrected chi connectivity index (χ1v) is 6.10. The Hall–Kier alpha value is -1.16. The second-order valence-corrected chi connectivity index (χ2v) is 4.42. The van der Waals surface area contributed by atoms with Crippen LogP contribution in [0.15, 0.2) is 18.6 Å². The molecule has 16 heavy (non-hydrogen) atoms. The van der Waals surface area contributed by atoms with Gasteiger partial charge in [0.05, 0.1) is 6.20 Å². The van der Waals surface area contributed by atoms with E-state index in [0.29, 0.717) is 6.04 Å². The molecule has 0 aromatic carbocycles. The normalized spacial score (nSPS) is 19.3. The van der Waals surface area contributed by atoms with Crippen LogP contribution in [0.3, 0.4) is 0 Å². The van der Waals surface area contributed by atoms with E-state index in [0.717, 1.165) is 12.4 Å². The molecule has 1 aliphatic rings. The van der Waals surface area contributed by atoms with Crippen LogP contribution in [0.5, 0.6) is 0 Å². The Balaban J connectivity index is 1.76. The van der Waals surface area contributed by atoms with Gasteiger partial charge in [0.15, 0.2) is 0 Å². The molecular formula is C12H20N4. The maximum Gasteiger partial charge on any atom is 0.144 e. The van der Waals surface area contributed by atoms with Gasteiger partial charge in [-0.1, -0.05) is 6.42 Å². The number of likely N-dealkylation sites (tertiary alicyclic amines) is 1. The average molecular weight is 220 g/mol. The zero-order valence-corrected chi connectivity index (χ0v) is 9.89.